The molecule has 0 aliphatic heterocycles. The molecule has 3 nitrogen and oxygen atoms in total. The van der Waals surface area contributed by atoms with Crippen LogP contribution in [0.25, 0.3) is 0 Å². The lowest BCUT2D eigenvalue weighted by molar-refractivity contribution is -0.113. The molecule has 0 fully saturated rings. The molecule has 3 heteroatoms. The van der Waals surface area contributed by atoms with Gasteiger partial charge in [0.15, 0.2) is 5.78 Å². The summed E-state index contributed by atoms with van der Waals surface area (Å²) in [6.45, 7) is 5.13. The summed E-state index contributed by atoms with van der Waals surface area (Å²) in [5.74, 6) is 0.00464. The summed E-state index contributed by atoms with van der Waals surface area (Å²) in [5, 5.41) is 9.64. The van der Waals surface area contributed by atoms with E-state index in [1.54, 1.807) is 13.0 Å². The van der Waals surface area contributed by atoms with Crippen LogP contribution in [0.1, 0.15) is 20.8 Å². The Morgan fingerprint density at radius 3 is 2.15 bits per heavy atom. The van der Waals surface area contributed by atoms with E-state index >= 15 is 0 Å². The third kappa shape index (κ3) is 4.20. The van der Waals surface area contributed by atoms with E-state index < -0.39 is 6.10 Å². The van der Waals surface area contributed by atoms with Crippen LogP contribution < -0.4 is 0 Å². The first kappa shape index (κ1) is 12.3. The number of hydrogen-bond donors (Lipinski definition) is 1. The van der Waals surface area contributed by atoms with Gasteiger partial charge in [-0.3, -0.25) is 4.79 Å². The molecular formula is C10H19NO2. The first-order valence-electron chi connectivity index (χ1n) is 4.40. The quantitative estimate of drug-likeness (QED) is 0.660. The van der Waals surface area contributed by atoms with Gasteiger partial charge in [-0.2, -0.15) is 0 Å². The first-order chi connectivity index (χ1) is 5.86. The van der Waals surface area contributed by atoms with Crippen LogP contribution >= 0.6 is 0 Å². The molecule has 1 N–H and O–H groups in total. The molecule has 0 heterocycles. The Morgan fingerprint density at radius 2 is 1.85 bits per heavy atom. The third-order valence-corrected chi connectivity index (χ3v) is 2.28. The molecule has 0 rings (SSSR count). The van der Waals surface area contributed by atoms with E-state index in [9.17, 15) is 9.90 Å². The molecule has 0 aliphatic rings. The molecule has 0 radical (unpaired) electrons. The van der Waals surface area contributed by atoms with Crippen molar-refractivity contribution in [1.82, 2.24) is 4.90 Å². The van der Waals surface area contributed by atoms with Crippen molar-refractivity contribution >= 4 is 5.78 Å². The van der Waals surface area contributed by atoms with Crippen molar-refractivity contribution in [2.75, 3.05) is 14.1 Å². The molecule has 2 unspecified atom stereocenters. The highest BCUT2D eigenvalue weighted by molar-refractivity contribution is 5.92. The third-order valence-electron chi connectivity index (χ3n) is 2.28. The van der Waals surface area contributed by atoms with E-state index in [2.05, 4.69) is 0 Å². The molecule has 0 aromatic heterocycles. The van der Waals surface area contributed by atoms with Crippen molar-refractivity contribution in [3.63, 3.8) is 0 Å². The number of aliphatic hydroxyl groups is 1. The molecular weight excluding hydrogens is 166 g/mol. The predicted octanol–water partition coefficient (Wildman–Crippen LogP) is 0.833. The van der Waals surface area contributed by atoms with Crippen LogP contribution in [0.4, 0.5) is 0 Å². The predicted molar refractivity (Wildman–Crippen MR) is 53.6 cm³/mol. The van der Waals surface area contributed by atoms with Gasteiger partial charge in [0.1, 0.15) is 0 Å². The highest BCUT2D eigenvalue weighted by Gasteiger charge is 2.14. The smallest absolute Gasteiger partial charge is 0.155 e. The van der Waals surface area contributed by atoms with Crippen LogP contribution in [0.3, 0.4) is 0 Å². The van der Waals surface area contributed by atoms with Crippen molar-refractivity contribution < 1.29 is 9.90 Å². The van der Waals surface area contributed by atoms with Crippen LogP contribution in [0.2, 0.25) is 0 Å². The maximum absolute atomic E-state index is 10.9. The molecule has 2 atom stereocenters. The standard InChI is InChI=1S/C10H19NO2/c1-7(9(3)12)6-10(13)8(2)11(4)5/h6,8,10,13H,1-5H3/b7-6+. The fraction of sp³-hybridized carbons (Fsp3) is 0.700. The van der Waals surface area contributed by atoms with Gasteiger partial charge in [-0.05, 0) is 46.5 Å². The van der Waals surface area contributed by atoms with Crippen LogP contribution in [0, 0.1) is 0 Å². The number of aliphatic hydroxyl groups excluding tert-OH is 1. The van der Waals surface area contributed by atoms with Crippen LogP contribution in [-0.4, -0.2) is 42.0 Å². The van der Waals surface area contributed by atoms with Crippen LogP contribution in [0.5, 0.6) is 0 Å². The molecule has 0 saturated carbocycles. The molecule has 76 valence electrons. The van der Waals surface area contributed by atoms with Crippen molar-refractivity contribution in [1.29, 1.82) is 0 Å². The second-order valence-corrected chi connectivity index (χ2v) is 3.60. The summed E-state index contributed by atoms with van der Waals surface area (Å²) in [5.41, 5.74) is 0.612. The fourth-order valence-corrected chi connectivity index (χ4v) is 0.818. The number of likely N-dealkylation sites (N-methyl/N-ethyl adjacent to an activating group) is 1. The number of rotatable bonds is 4. The Morgan fingerprint density at radius 1 is 1.38 bits per heavy atom. The lowest BCUT2D eigenvalue weighted by Gasteiger charge is -2.23. The Bertz CT molecular complexity index is 209. The average Bonchev–Trinajstić information content (AvgIpc) is 2.02. The van der Waals surface area contributed by atoms with Gasteiger partial charge in [-0.25, -0.2) is 0 Å². The highest BCUT2D eigenvalue weighted by atomic mass is 16.3. The lowest BCUT2D eigenvalue weighted by Crippen LogP contribution is -2.35. The Balaban J connectivity index is 4.36. The van der Waals surface area contributed by atoms with E-state index in [1.807, 2.05) is 25.9 Å². The Labute approximate surface area is 80.0 Å². The van der Waals surface area contributed by atoms with Gasteiger partial charge >= 0.3 is 0 Å². The number of Topliss-reactive ketones (excluding diaryl/α,β-unsaturated/α-hetero) is 1. The zero-order valence-electron chi connectivity index (χ0n) is 9.03. The van der Waals surface area contributed by atoms with E-state index in [1.165, 1.54) is 6.92 Å². The Hall–Kier alpha value is -0.670. The second kappa shape index (κ2) is 5.14. The van der Waals surface area contributed by atoms with Crippen molar-refractivity contribution in [3.05, 3.63) is 11.6 Å². The lowest BCUT2D eigenvalue weighted by atomic mass is 10.1. The molecule has 0 spiro atoms. The minimum absolute atomic E-state index is 0.00464. The van der Waals surface area contributed by atoms with Gasteiger partial charge in [-0.1, -0.05) is 0 Å². The summed E-state index contributed by atoms with van der Waals surface area (Å²) in [6, 6.07) is 0.0225. The molecule has 0 aliphatic carbocycles. The number of nitrogens with zero attached hydrogens (tertiary/aromatic N) is 1. The van der Waals surface area contributed by atoms with Gasteiger partial charge in [0, 0.05) is 6.04 Å². The number of allylic oxidation sites excluding steroid dienone is 1. The first-order valence-corrected chi connectivity index (χ1v) is 4.40. The van der Waals surface area contributed by atoms with Gasteiger partial charge < -0.3 is 10.0 Å². The summed E-state index contributed by atoms with van der Waals surface area (Å²) >= 11 is 0. The van der Waals surface area contributed by atoms with Gasteiger partial charge in [0.05, 0.1) is 6.10 Å². The normalized spacial score (nSPS) is 17.3. The summed E-state index contributed by atoms with van der Waals surface area (Å²) in [7, 11) is 3.79. The van der Waals surface area contributed by atoms with Crippen LogP contribution in [-0.2, 0) is 4.79 Å². The maximum atomic E-state index is 10.9. The van der Waals surface area contributed by atoms with E-state index in [4.69, 9.17) is 0 Å². The molecule has 0 saturated heterocycles. The molecule has 0 bridgehead atoms. The second-order valence-electron chi connectivity index (χ2n) is 3.60. The van der Waals surface area contributed by atoms with Gasteiger partial charge in [0.25, 0.3) is 0 Å². The summed E-state index contributed by atoms with van der Waals surface area (Å²) < 4.78 is 0. The van der Waals surface area contributed by atoms with Crippen LogP contribution in [0.15, 0.2) is 11.6 Å². The zero-order chi connectivity index (χ0) is 10.6. The van der Waals surface area contributed by atoms with E-state index in [0.29, 0.717) is 5.57 Å². The zero-order valence-corrected chi connectivity index (χ0v) is 9.03. The van der Waals surface area contributed by atoms with Crippen molar-refractivity contribution in [2.24, 2.45) is 0 Å². The monoisotopic (exact) mass is 185 g/mol. The van der Waals surface area contributed by atoms with E-state index in [-0.39, 0.29) is 11.8 Å². The number of hydrogen-bond acceptors (Lipinski definition) is 3. The largest absolute Gasteiger partial charge is 0.387 e. The minimum Gasteiger partial charge on any atom is -0.387 e. The SMILES string of the molecule is CC(=O)/C(C)=C/C(O)C(C)N(C)C. The number of carbonyl (C=O) groups excluding carboxylic acids is 1. The summed E-state index contributed by atoms with van der Waals surface area (Å²) in [6.07, 6.45) is 1.02. The fourth-order valence-electron chi connectivity index (χ4n) is 0.818. The number of ketones is 1. The summed E-state index contributed by atoms with van der Waals surface area (Å²) in [4.78, 5) is 12.8. The molecule has 0 amide bonds. The number of carbonyl (C=O) groups is 1. The maximum Gasteiger partial charge on any atom is 0.155 e. The van der Waals surface area contributed by atoms with Crippen molar-refractivity contribution in [3.8, 4) is 0 Å². The molecule has 0 aromatic rings. The molecule has 0 aromatic carbocycles. The topological polar surface area (TPSA) is 40.5 Å². The molecule has 13 heavy (non-hydrogen) atoms. The average molecular weight is 185 g/mol. The van der Waals surface area contributed by atoms with Gasteiger partial charge in [0.2, 0.25) is 0 Å². The van der Waals surface area contributed by atoms with Gasteiger partial charge in [-0.15, -0.1) is 0 Å². The van der Waals surface area contributed by atoms with E-state index in [0.717, 1.165) is 0 Å². The highest BCUT2D eigenvalue weighted by Crippen LogP contribution is 2.05. The minimum atomic E-state index is -0.584. The van der Waals surface area contributed by atoms with Crippen molar-refractivity contribution in [2.45, 2.75) is 32.9 Å². The Kier molecular flexibility index (Phi) is 4.88.